The van der Waals surface area contributed by atoms with Gasteiger partial charge in [0.1, 0.15) is 6.29 Å². The van der Waals surface area contributed by atoms with Gasteiger partial charge in [0.25, 0.3) is 0 Å². The monoisotopic (exact) mass is 177 g/mol. The number of rotatable bonds is 5. The van der Waals surface area contributed by atoms with Crippen LogP contribution < -0.4 is 5.32 Å². The van der Waals surface area contributed by atoms with Gasteiger partial charge in [0.15, 0.2) is 0 Å². The third-order valence-corrected chi connectivity index (χ3v) is 1.89. The number of aldehydes is 1. The number of carbonyl (C=O) groups is 1. The molecule has 0 amide bonds. The van der Waals surface area contributed by atoms with Crippen molar-refractivity contribution in [1.82, 2.24) is 0 Å². The predicted molar refractivity (Wildman–Crippen MR) is 54.8 cm³/mol. The molecule has 1 atom stereocenters. The van der Waals surface area contributed by atoms with E-state index in [1.807, 2.05) is 30.3 Å². The Kier molecular flexibility index (Phi) is 4.03. The first-order chi connectivity index (χ1) is 6.36. The standard InChI is InChI=1S/C11H15NO/c1-2-6-11(9-13)12-10-7-4-3-5-8-10/h3-5,7-9,11-12H,2,6H2,1H3. The van der Waals surface area contributed by atoms with Crippen molar-refractivity contribution in [3.63, 3.8) is 0 Å². The Bertz CT molecular complexity index is 246. The molecule has 0 radical (unpaired) electrons. The summed E-state index contributed by atoms with van der Waals surface area (Å²) < 4.78 is 0. The fourth-order valence-electron chi connectivity index (χ4n) is 1.23. The molecule has 1 N–H and O–H groups in total. The molecule has 1 unspecified atom stereocenters. The normalized spacial score (nSPS) is 12.1. The molecule has 2 nitrogen and oxygen atoms in total. The lowest BCUT2D eigenvalue weighted by Crippen LogP contribution is -2.20. The van der Waals surface area contributed by atoms with E-state index in [0.717, 1.165) is 24.8 Å². The van der Waals surface area contributed by atoms with Crippen LogP contribution in [0, 0.1) is 0 Å². The number of benzene rings is 1. The largest absolute Gasteiger partial charge is 0.376 e. The van der Waals surface area contributed by atoms with Crippen LogP contribution in [0.3, 0.4) is 0 Å². The molecule has 0 heterocycles. The van der Waals surface area contributed by atoms with Gasteiger partial charge in [0, 0.05) is 5.69 Å². The predicted octanol–water partition coefficient (Wildman–Crippen LogP) is 2.47. The maximum absolute atomic E-state index is 10.6. The minimum absolute atomic E-state index is 0.0487. The van der Waals surface area contributed by atoms with Gasteiger partial charge >= 0.3 is 0 Å². The molecule has 1 aromatic rings. The molecule has 0 aliphatic rings. The minimum atomic E-state index is -0.0487. The lowest BCUT2D eigenvalue weighted by atomic mass is 10.2. The Hall–Kier alpha value is -1.31. The van der Waals surface area contributed by atoms with Crippen LogP contribution in [-0.2, 0) is 4.79 Å². The van der Waals surface area contributed by atoms with Crippen LogP contribution in [0.1, 0.15) is 19.8 Å². The second-order valence-electron chi connectivity index (χ2n) is 3.04. The van der Waals surface area contributed by atoms with E-state index in [9.17, 15) is 4.79 Å². The van der Waals surface area contributed by atoms with Crippen LogP contribution in [0.2, 0.25) is 0 Å². The van der Waals surface area contributed by atoms with Crippen molar-refractivity contribution in [2.45, 2.75) is 25.8 Å². The van der Waals surface area contributed by atoms with Gasteiger partial charge in [0.2, 0.25) is 0 Å². The van der Waals surface area contributed by atoms with Gasteiger partial charge in [-0.2, -0.15) is 0 Å². The van der Waals surface area contributed by atoms with Gasteiger partial charge in [-0.3, -0.25) is 0 Å². The van der Waals surface area contributed by atoms with Crippen molar-refractivity contribution in [3.8, 4) is 0 Å². The van der Waals surface area contributed by atoms with E-state index in [1.165, 1.54) is 0 Å². The summed E-state index contributed by atoms with van der Waals surface area (Å²) in [6.45, 7) is 2.07. The average molecular weight is 177 g/mol. The quantitative estimate of drug-likeness (QED) is 0.700. The first kappa shape index (κ1) is 9.78. The number of para-hydroxylation sites is 1. The SMILES string of the molecule is CCCC(C=O)Nc1ccccc1. The Labute approximate surface area is 79.0 Å². The van der Waals surface area contributed by atoms with Gasteiger partial charge in [-0.25, -0.2) is 0 Å². The molecule has 0 bridgehead atoms. The molecule has 2 heteroatoms. The van der Waals surface area contributed by atoms with Crippen LogP contribution in [0.4, 0.5) is 5.69 Å². The zero-order valence-corrected chi connectivity index (χ0v) is 7.86. The highest BCUT2D eigenvalue weighted by Crippen LogP contribution is 2.08. The average Bonchev–Trinajstić information content (AvgIpc) is 2.19. The van der Waals surface area contributed by atoms with Gasteiger partial charge in [-0.1, -0.05) is 31.5 Å². The molecule has 0 aromatic heterocycles. The molecule has 13 heavy (non-hydrogen) atoms. The van der Waals surface area contributed by atoms with Crippen molar-refractivity contribution in [2.24, 2.45) is 0 Å². The molecular weight excluding hydrogens is 162 g/mol. The molecule has 0 saturated carbocycles. The molecule has 1 rings (SSSR count). The lowest BCUT2D eigenvalue weighted by Gasteiger charge is -2.12. The van der Waals surface area contributed by atoms with E-state index >= 15 is 0 Å². The molecule has 0 aliphatic heterocycles. The smallest absolute Gasteiger partial charge is 0.142 e. The highest BCUT2D eigenvalue weighted by atomic mass is 16.1. The first-order valence-electron chi connectivity index (χ1n) is 4.63. The van der Waals surface area contributed by atoms with Crippen LogP contribution in [0.25, 0.3) is 0 Å². The highest BCUT2D eigenvalue weighted by Gasteiger charge is 2.03. The Morgan fingerprint density at radius 3 is 2.62 bits per heavy atom. The third-order valence-electron chi connectivity index (χ3n) is 1.89. The fourth-order valence-corrected chi connectivity index (χ4v) is 1.23. The van der Waals surface area contributed by atoms with Crippen LogP contribution in [0.5, 0.6) is 0 Å². The second kappa shape index (κ2) is 5.36. The Morgan fingerprint density at radius 1 is 1.38 bits per heavy atom. The van der Waals surface area contributed by atoms with Crippen molar-refractivity contribution >= 4 is 12.0 Å². The summed E-state index contributed by atoms with van der Waals surface area (Å²) in [4.78, 5) is 10.6. The molecular formula is C11H15NO. The van der Waals surface area contributed by atoms with Crippen molar-refractivity contribution in [3.05, 3.63) is 30.3 Å². The number of hydrogen-bond donors (Lipinski definition) is 1. The Morgan fingerprint density at radius 2 is 2.08 bits per heavy atom. The summed E-state index contributed by atoms with van der Waals surface area (Å²) in [5.41, 5.74) is 1.01. The zero-order chi connectivity index (χ0) is 9.52. The maximum atomic E-state index is 10.6. The van der Waals surface area contributed by atoms with Gasteiger partial charge in [-0.05, 0) is 18.6 Å². The van der Waals surface area contributed by atoms with Crippen molar-refractivity contribution < 1.29 is 4.79 Å². The zero-order valence-electron chi connectivity index (χ0n) is 7.86. The molecule has 70 valence electrons. The van der Waals surface area contributed by atoms with Crippen LogP contribution in [-0.4, -0.2) is 12.3 Å². The highest BCUT2D eigenvalue weighted by molar-refractivity contribution is 5.64. The van der Waals surface area contributed by atoms with Crippen LogP contribution >= 0.6 is 0 Å². The summed E-state index contributed by atoms with van der Waals surface area (Å²) in [5.74, 6) is 0. The number of anilines is 1. The minimum Gasteiger partial charge on any atom is -0.376 e. The molecule has 0 fully saturated rings. The second-order valence-corrected chi connectivity index (χ2v) is 3.04. The summed E-state index contributed by atoms with van der Waals surface area (Å²) in [5, 5.41) is 3.16. The van der Waals surface area contributed by atoms with E-state index in [-0.39, 0.29) is 6.04 Å². The topological polar surface area (TPSA) is 29.1 Å². The van der Waals surface area contributed by atoms with Crippen LogP contribution in [0.15, 0.2) is 30.3 Å². The summed E-state index contributed by atoms with van der Waals surface area (Å²) in [7, 11) is 0. The van der Waals surface area contributed by atoms with Crippen molar-refractivity contribution in [2.75, 3.05) is 5.32 Å². The summed E-state index contributed by atoms with van der Waals surface area (Å²) in [6, 6.07) is 9.75. The van der Waals surface area contributed by atoms with E-state index in [4.69, 9.17) is 0 Å². The van der Waals surface area contributed by atoms with E-state index in [2.05, 4.69) is 12.2 Å². The molecule has 0 aliphatic carbocycles. The van der Waals surface area contributed by atoms with Gasteiger partial charge in [0.05, 0.1) is 6.04 Å². The molecule has 1 aromatic carbocycles. The number of nitrogens with one attached hydrogen (secondary N) is 1. The van der Waals surface area contributed by atoms with E-state index < -0.39 is 0 Å². The first-order valence-corrected chi connectivity index (χ1v) is 4.63. The third kappa shape index (κ3) is 3.28. The summed E-state index contributed by atoms with van der Waals surface area (Å²) >= 11 is 0. The van der Waals surface area contributed by atoms with E-state index in [1.54, 1.807) is 0 Å². The fraction of sp³-hybridized carbons (Fsp3) is 0.364. The van der Waals surface area contributed by atoms with Gasteiger partial charge in [-0.15, -0.1) is 0 Å². The number of hydrogen-bond acceptors (Lipinski definition) is 2. The van der Waals surface area contributed by atoms with Gasteiger partial charge < -0.3 is 10.1 Å². The summed E-state index contributed by atoms with van der Waals surface area (Å²) in [6.07, 6.45) is 2.87. The molecule has 0 saturated heterocycles. The Balaban J connectivity index is 2.51. The van der Waals surface area contributed by atoms with Crippen molar-refractivity contribution in [1.29, 1.82) is 0 Å². The van der Waals surface area contributed by atoms with E-state index in [0.29, 0.717) is 0 Å². The molecule has 0 spiro atoms. The number of carbonyl (C=O) groups excluding carboxylic acids is 1. The lowest BCUT2D eigenvalue weighted by molar-refractivity contribution is -0.108. The maximum Gasteiger partial charge on any atom is 0.142 e.